The van der Waals surface area contributed by atoms with Gasteiger partial charge in [0.15, 0.2) is 0 Å². The molecule has 0 bridgehead atoms. The normalized spacial score (nSPS) is 27.9. The van der Waals surface area contributed by atoms with E-state index < -0.39 is 6.10 Å². The van der Waals surface area contributed by atoms with Gasteiger partial charge in [-0.05, 0) is 33.1 Å². The minimum Gasteiger partial charge on any atom is -0.392 e. The molecule has 86 valence electrons. The van der Waals surface area contributed by atoms with Crippen molar-refractivity contribution in [2.24, 2.45) is 0 Å². The van der Waals surface area contributed by atoms with Crippen molar-refractivity contribution < 1.29 is 9.90 Å². The fourth-order valence-electron chi connectivity index (χ4n) is 2.14. The van der Waals surface area contributed by atoms with E-state index in [-0.39, 0.29) is 11.9 Å². The zero-order valence-corrected chi connectivity index (χ0v) is 9.52. The van der Waals surface area contributed by atoms with Gasteiger partial charge >= 0.3 is 0 Å². The van der Waals surface area contributed by atoms with E-state index in [2.05, 4.69) is 5.01 Å². The van der Waals surface area contributed by atoms with Crippen LogP contribution in [0.15, 0.2) is 0 Å². The summed E-state index contributed by atoms with van der Waals surface area (Å²) in [4.78, 5) is 11.8. The van der Waals surface area contributed by atoms with E-state index in [9.17, 15) is 9.90 Å². The lowest BCUT2D eigenvalue weighted by Crippen LogP contribution is -2.57. The van der Waals surface area contributed by atoms with Crippen LogP contribution in [0.5, 0.6) is 0 Å². The van der Waals surface area contributed by atoms with Gasteiger partial charge in [0.1, 0.15) is 0 Å². The fourth-order valence-corrected chi connectivity index (χ4v) is 2.14. The zero-order valence-electron chi connectivity index (χ0n) is 9.52. The van der Waals surface area contributed by atoms with Gasteiger partial charge in [0.25, 0.3) is 0 Å². The number of amides is 1. The lowest BCUT2D eigenvalue weighted by molar-refractivity contribution is -0.167. The van der Waals surface area contributed by atoms with Crippen LogP contribution < -0.4 is 0 Å². The summed E-state index contributed by atoms with van der Waals surface area (Å²) >= 11 is 0. The summed E-state index contributed by atoms with van der Waals surface area (Å²) in [7, 11) is 0. The van der Waals surface area contributed by atoms with Crippen LogP contribution >= 0.6 is 0 Å². The van der Waals surface area contributed by atoms with Gasteiger partial charge in [0, 0.05) is 19.0 Å². The van der Waals surface area contributed by atoms with E-state index >= 15 is 0 Å². The van der Waals surface area contributed by atoms with Crippen molar-refractivity contribution in [3.63, 3.8) is 0 Å². The highest BCUT2D eigenvalue weighted by Gasteiger charge is 2.40. The minimum absolute atomic E-state index is 0.0369. The van der Waals surface area contributed by atoms with Crippen LogP contribution in [0, 0.1) is 0 Å². The van der Waals surface area contributed by atoms with Crippen molar-refractivity contribution in [3.05, 3.63) is 0 Å². The Bertz CT molecular complexity index is 251. The second-order valence-electron chi connectivity index (χ2n) is 4.72. The summed E-state index contributed by atoms with van der Waals surface area (Å²) in [6.07, 6.45) is 3.43. The van der Waals surface area contributed by atoms with Gasteiger partial charge in [0.2, 0.25) is 5.91 Å². The second-order valence-corrected chi connectivity index (χ2v) is 4.72. The number of aliphatic hydroxyl groups is 1. The highest BCUT2D eigenvalue weighted by Crippen LogP contribution is 2.32. The number of carbonyl (C=O) groups is 1. The third kappa shape index (κ3) is 2.16. The number of rotatable bonds is 3. The van der Waals surface area contributed by atoms with Gasteiger partial charge in [-0.2, -0.15) is 0 Å². The first-order valence-corrected chi connectivity index (χ1v) is 5.88. The minimum atomic E-state index is -0.392. The number of carbonyl (C=O) groups excluding carboxylic acids is 1. The van der Waals surface area contributed by atoms with Crippen molar-refractivity contribution in [2.45, 2.75) is 57.7 Å². The molecule has 1 N–H and O–H groups in total. The van der Waals surface area contributed by atoms with E-state index in [0.29, 0.717) is 12.5 Å². The van der Waals surface area contributed by atoms with E-state index in [4.69, 9.17) is 0 Å². The zero-order chi connectivity index (χ0) is 11.0. The number of hydrogen-bond acceptors (Lipinski definition) is 3. The average molecular weight is 212 g/mol. The number of hydrazine groups is 1. The lowest BCUT2D eigenvalue weighted by atomic mass is 10.1. The molecule has 2 atom stereocenters. The molecule has 4 nitrogen and oxygen atoms in total. The molecule has 0 aromatic carbocycles. The van der Waals surface area contributed by atoms with Crippen molar-refractivity contribution in [2.75, 3.05) is 6.54 Å². The van der Waals surface area contributed by atoms with Gasteiger partial charge in [-0.25, -0.2) is 5.01 Å². The molecule has 1 aliphatic heterocycles. The molecule has 1 amide bonds. The molecule has 2 unspecified atom stereocenters. The van der Waals surface area contributed by atoms with Crippen LogP contribution in [0.25, 0.3) is 0 Å². The number of hydrogen-bond donors (Lipinski definition) is 1. The Hall–Kier alpha value is -0.610. The molecule has 2 aliphatic rings. The van der Waals surface area contributed by atoms with Crippen LogP contribution in [-0.4, -0.2) is 45.8 Å². The topological polar surface area (TPSA) is 43.8 Å². The standard InChI is InChI=1S/C11H20N2O2/c1-8(9(2)14)12-7-3-4-11(15)13(12)10-5-6-10/h8-10,14H,3-7H2,1-2H3. The summed E-state index contributed by atoms with van der Waals surface area (Å²) in [6, 6.07) is 0.453. The Kier molecular flexibility index (Phi) is 2.98. The maximum absolute atomic E-state index is 11.8. The quantitative estimate of drug-likeness (QED) is 0.751. The first-order chi connectivity index (χ1) is 7.11. The molecule has 0 spiro atoms. The fraction of sp³-hybridized carbons (Fsp3) is 0.909. The van der Waals surface area contributed by atoms with Crippen molar-refractivity contribution >= 4 is 5.91 Å². The molecule has 1 saturated carbocycles. The van der Waals surface area contributed by atoms with Crippen LogP contribution in [0.1, 0.15) is 39.5 Å². The smallest absolute Gasteiger partial charge is 0.237 e. The molecule has 2 rings (SSSR count). The van der Waals surface area contributed by atoms with E-state index in [1.165, 1.54) is 0 Å². The molecule has 2 fully saturated rings. The maximum Gasteiger partial charge on any atom is 0.237 e. The first kappa shape index (κ1) is 10.9. The molecule has 15 heavy (non-hydrogen) atoms. The Balaban J connectivity index is 2.09. The summed E-state index contributed by atoms with van der Waals surface area (Å²) in [5, 5.41) is 13.6. The molecule has 0 aromatic rings. The SMILES string of the molecule is CC(O)C(C)N1CCCC(=O)N1C1CC1. The Morgan fingerprint density at radius 2 is 2.07 bits per heavy atom. The highest BCUT2D eigenvalue weighted by molar-refractivity contribution is 5.77. The molecule has 1 saturated heterocycles. The first-order valence-electron chi connectivity index (χ1n) is 5.88. The predicted molar refractivity (Wildman–Crippen MR) is 57.0 cm³/mol. The molecular formula is C11H20N2O2. The Morgan fingerprint density at radius 3 is 2.60 bits per heavy atom. The van der Waals surface area contributed by atoms with Gasteiger partial charge < -0.3 is 5.11 Å². The van der Waals surface area contributed by atoms with Crippen LogP contribution in [0.4, 0.5) is 0 Å². The van der Waals surface area contributed by atoms with Crippen molar-refractivity contribution in [3.8, 4) is 0 Å². The molecule has 0 aromatic heterocycles. The van der Waals surface area contributed by atoms with E-state index in [1.54, 1.807) is 6.92 Å². The second kappa shape index (κ2) is 4.10. The van der Waals surface area contributed by atoms with Gasteiger partial charge in [0.05, 0.1) is 12.1 Å². The van der Waals surface area contributed by atoms with Gasteiger partial charge in [-0.3, -0.25) is 9.80 Å². The highest BCUT2D eigenvalue weighted by atomic mass is 16.3. The van der Waals surface area contributed by atoms with Crippen LogP contribution in [0.2, 0.25) is 0 Å². The van der Waals surface area contributed by atoms with Gasteiger partial charge in [-0.1, -0.05) is 0 Å². The lowest BCUT2D eigenvalue weighted by Gasteiger charge is -2.43. The van der Waals surface area contributed by atoms with Gasteiger partial charge in [-0.15, -0.1) is 0 Å². The number of aliphatic hydroxyl groups excluding tert-OH is 1. The van der Waals surface area contributed by atoms with Crippen LogP contribution in [0.3, 0.4) is 0 Å². The molecular weight excluding hydrogens is 192 g/mol. The van der Waals surface area contributed by atoms with E-state index in [1.807, 2.05) is 11.9 Å². The maximum atomic E-state index is 11.8. The van der Waals surface area contributed by atoms with Crippen molar-refractivity contribution in [1.29, 1.82) is 0 Å². The largest absolute Gasteiger partial charge is 0.392 e. The van der Waals surface area contributed by atoms with Crippen molar-refractivity contribution in [1.82, 2.24) is 10.0 Å². The van der Waals surface area contributed by atoms with E-state index in [0.717, 1.165) is 25.8 Å². The Morgan fingerprint density at radius 1 is 1.40 bits per heavy atom. The average Bonchev–Trinajstić information content (AvgIpc) is 2.99. The summed E-state index contributed by atoms with van der Waals surface area (Å²) in [6.45, 7) is 4.67. The monoisotopic (exact) mass is 212 g/mol. The Labute approximate surface area is 90.8 Å². The summed E-state index contributed by atoms with van der Waals surface area (Å²) in [5.74, 6) is 0.233. The third-order valence-electron chi connectivity index (χ3n) is 3.37. The third-order valence-corrected chi connectivity index (χ3v) is 3.37. The number of nitrogens with zero attached hydrogens (tertiary/aromatic N) is 2. The summed E-state index contributed by atoms with van der Waals surface area (Å²) < 4.78 is 0. The summed E-state index contributed by atoms with van der Waals surface area (Å²) in [5.41, 5.74) is 0. The molecule has 4 heteroatoms. The molecule has 0 radical (unpaired) electrons. The van der Waals surface area contributed by atoms with Crippen LogP contribution in [-0.2, 0) is 4.79 Å². The predicted octanol–water partition coefficient (Wildman–Crippen LogP) is 0.757. The molecule has 1 heterocycles. The molecule has 1 aliphatic carbocycles.